The van der Waals surface area contributed by atoms with Gasteiger partial charge in [-0.3, -0.25) is 0 Å². The summed E-state index contributed by atoms with van der Waals surface area (Å²) < 4.78 is 0. The molecule has 3 rings (SSSR count). The Hall–Kier alpha value is -1.42. The zero-order chi connectivity index (χ0) is 11.8. The number of H-pyrrole nitrogens is 1. The van der Waals surface area contributed by atoms with Crippen LogP contribution in [0.1, 0.15) is 36.4 Å². The van der Waals surface area contributed by atoms with Crippen LogP contribution in [0.25, 0.3) is 11.0 Å². The van der Waals surface area contributed by atoms with Crippen molar-refractivity contribution in [3.8, 4) is 0 Å². The van der Waals surface area contributed by atoms with Crippen molar-refractivity contribution in [1.82, 2.24) is 15.0 Å². The molecule has 4 heteroatoms. The van der Waals surface area contributed by atoms with Gasteiger partial charge in [-0.05, 0) is 43.6 Å². The molecule has 0 aromatic carbocycles. The molecule has 0 saturated heterocycles. The van der Waals surface area contributed by atoms with Gasteiger partial charge in [-0.1, -0.05) is 0 Å². The van der Waals surface area contributed by atoms with E-state index in [1.165, 1.54) is 5.56 Å². The van der Waals surface area contributed by atoms with E-state index in [4.69, 9.17) is 0 Å². The third-order valence-electron chi connectivity index (χ3n) is 3.92. The van der Waals surface area contributed by atoms with Crippen LogP contribution in [-0.2, 0) is 0 Å². The van der Waals surface area contributed by atoms with Crippen molar-refractivity contribution in [1.29, 1.82) is 0 Å². The summed E-state index contributed by atoms with van der Waals surface area (Å²) in [6, 6.07) is 0. The Morgan fingerprint density at radius 2 is 2.29 bits per heavy atom. The summed E-state index contributed by atoms with van der Waals surface area (Å²) in [4.78, 5) is 11.9. The van der Waals surface area contributed by atoms with Gasteiger partial charge in [-0.2, -0.15) is 0 Å². The highest BCUT2D eigenvalue weighted by Gasteiger charge is 2.27. The minimum atomic E-state index is 0.312. The molecule has 90 valence electrons. The quantitative estimate of drug-likeness (QED) is 0.832. The van der Waals surface area contributed by atoms with Crippen LogP contribution < -0.4 is 0 Å². The fourth-order valence-corrected chi connectivity index (χ4v) is 2.92. The molecule has 2 atom stereocenters. The van der Waals surface area contributed by atoms with E-state index in [9.17, 15) is 5.11 Å². The number of aromatic amines is 1. The summed E-state index contributed by atoms with van der Waals surface area (Å²) in [6.45, 7) is 2.31. The fourth-order valence-electron chi connectivity index (χ4n) is 2.92. The van der Waals surface area contributed by atoms with Gasteiger partial charge in [-0.25, -0.2) is 9.97 Å². The number of aryl methyl sites for hydroxylation is 1. The lowest BCUT2D eigenvalue weighted by Gasteiger charge is -2.08. The highest BCUT2D eigenvalue weighted by Crippen LogP contribution is 2.40. The Balaban J connectivity index is 1.99. The van der Waals surface area contributed by atoms with Crippen molar-refractivity contribution in [2.24, 2.45) is 5.92 Å². The van der Waals surface area contributed by atoms with Crippen LogP contribution >= 0.6 is 0 Å². The lowest BCUT2D eigenvalue weighted by Crippen LogP contribution is -2.00. The Bertz CT molecular complexity index is 534. The summed E-state index contributed by atoms with van der Waals surface area (Å²) in [7, 11) is 0. The normalized spacial score (nSPS) is 24.6. The van der Waals surface area contributed by atoms with E-state index in [2.05, 4.69) is 21.1 Å². The SMILES string of the molecule is Cc1ncnc2c([C@H]3CC[C@@H](CO)C3)c[nH]c12. The van der Waals surface area contributed by atoms with Crippen LogP contribution in [0.15, 0.2) is 12.5 Å². The van der Waals surface area contributed by atoms with E-state index in [0.717, 1.165) is 36.0 Å². The van der Waals surface area contributed by atoms with Crippen LogP contribution in [0.2, 0.25) is 0 Å². The van der Waals surface area contributed by atoms with E-state index in [1.54, 1.807) is 6.33 Å². The highest BCUT2D eigenvalue weighted by molar-refractivity contribution is 5.81. The molecule has 17 heavy (non-hydrogen) atoms. The molecular weight excluding hydrogens is 214 g/mol. The molecule has 0 amide bonds. The summed E-state index contributed by atoms with van der Waals surface area (Å²) in [5.41, 5.74) is 4.40. The van der Waals surface area contributed by atoms with Gasteiger partial charge in [0.05, 0.1) is 16.7 Å². The molecule has 0 aliphatic heterocycles. The number of rotatable bonds is 2. The molecule has 0 unspecified atom stereocenters. The minimum absolute atomic E-state index is 0.312. The van der Waals surface area contributed by atoms with Crippen molar-refractivity contribution in [3.05, 3.63) is 23.8 Å². The molecule has 0 bridgehead atoms. The second-order valence-electron chi connectivity index (χ2n) is 4.99. The second-order valence-corrected chi connectivity index (χ2v) is 4.99. The largest absolute Gasteiger partial charge is 0.396 e. The minimum Gasteiger partial charge on any atom is -0.396 e. The van der Waals surface area contributed by atoms with Crippen LogP contribution in [0.3, 0.4) is 0 Å². The molecule has 2 heterocycles. The number of hydrogen-bond donors (Lipinski definition) is 2. The zero-order valence-electron chi connectivity index (χ0n) is 9.98. The third-order valence-corrected chi connectivity index (χ3v) is 3.92. The predicted molar refractivity (Wildman–Crippen MR) is 65.8 cm³/mol. The summed E-state index contributed by atoms with van der Waals surface area (Å²) in [6.07, 6.45) is 7.05. The van der Waals surface area contributed by atoms with E-state index >= 15 is 0 Å². The van der Waals surface area contributed by atoms with Crippen LogP contribution in [0, 0.1) is 12.8 Å². The van der Waals surface area contributed by atoms with Crippen LogP contribution in [-0.4, -0.2) is 26.7 Å². The van der Waals surface area contributed by atoms with Gasteiger partial charge in [0.15, 0.2) is 0 Å². The maximum absolute atomic E-state index is 9.21. The summed E-state index contributed by atoms with van der Waals surface area (Å²) >= 11 is 0. The number of hydrogen-bond acceptors (Lipinski definition) is 3. The Labute approximate surface area is 100 Å². The van der Waals surface area contributed by atoms with E-state index < -0.39 is 0 Å². The van der Waals surface area contributed by atoms with Gasteiger partial charge in [0.1, 0.15) is 6.33 Å². The molecule has 4 nitrogen and oxygen atoms in total. The maximum Gasteiger partial charge on any atom is 0.116 e. The molecule has 1 saturated carbocycles. The number of aromatic nitrogens is 3. The van der Waals surface area contributed by atoms with E-state index in [-0.39, 0.29) is 0 Å². The third kappa shape index (κ3) is 1.72. The topological polar surface area (TPSA) is 61.8 Å². The first-order valence-electron chi connectivity index (χ1n) is 6.19. The van der Waals surface area contributed by atoms with Gasteiger partial charge < -0.3 is 10.1 Å². The molecule has 1 aliphatic rings. The fraction of sp³-hybridized carbons (Fsp3) is 0.538. The average Bonchev–Trinajstić information content (AvgIpc) is 2.94. The first-order chi connectivity index (χ1) is 8.29. The first-order valence-corrected chi connectivity index (χ1v) is 6.19. The molecule has 2 N–H and O–H groups in total. The maximum atomic E-state index is 9.21. The molecule has 0 radical (unpaired) electrons. The van der Waals surface area contributed by atoms with Crippen molar-refractivity contribution in [2.45, 2.75) is 32.1 Å². The van der Waals surface area contributed by atoms with Gasteiger partial charge in [0, 0.05) is 12.8 Å². The van der Waals surface area contributed by atoms with Crippen LogP contribution in [0.4, 0.5) is 0 Å². The summed E-state index contributed by atoms with van der Waals surface area (Å²) in [5, 5.41) is 9.21. The predicted octanol–water partition coefficient (Wildman–Crippen LogP) is 2.14. The molecule has 1 fully saturated rings. The Morgan fingerprint density at radius 3 is 3.06 bits per heavy atom. The van der Waals surface area contributed by atoms with Gasteiger partial charge >= 0.3 is 0 Å². The van der Waals surface area contributed by atoms with Gasteiger partial charge in [-0.15, -0.1) is 0 Å². The smallest absolute Gasteiger partial charge is 0.116 e. The van der Waals surface area contributed by atoms with Crippen molar-refractivity contribution in [3.63, 3.8) is 0 Å². The average molecular weight is 231 g/mol. The summed E-state index contributed by atoms with van der Waals surface area (Å²) in [5.74, 6) is 1.00. The van der Waals surface area contributed by atoms with E-state index in [0.29, 0.717) is 18.4 Å². The Kier molecular flexibility index (Phi) is 2.59. The van der Waals surface area contributed by atoms with Crippen molar-refractivity contribution < 1.29 is 5.11 Å². The number of nitrogens with zero attached hydrogens (tertiary/aromatic N) is 2. The molecule has 0 spiro atoms. The lowest BCUT2D eigenvalue weighted by atomic mass is 9.98. The van der Waals surface area contributed by atoms with Crippen molar-refractivity contribution in [2.75, 3.05) is 6.61 Å². The second kappa shape index (κ2) is 4.11. The van der Waals surface area contributed by atoms with E-state index in [1.807, 2.05) is 6.92 Å². The van der Waals surface area contributed by atoms with Gasteiger partial charge in [0.25, 0.3) is 0 Å². The van der Waals surface area contributed by atoms with Gasteiger partial charge in [0.2, 0.25) is 0 Å². The van der Waals surface area contributed by atoms with Crippen LogP contribution in [0.5, 0.6) is 0 Å². The molecule has 2 aromatic heterocycles. The number of nitrogens with one attached hydrogen (secondary N) is 1. The lowest BCUT2D eigenvalue weighted by molar-refractivity contribution is 0.229. The molecule has 1 aliphatic carbocycles. The Morgan fingerprint density at radius 1 is 1.41 bits per heavy atom. The number of fused-ring (bicyclic) bond motifs is 1. The standard InChI is InChI=1S/C13H17N3O/c1-8-12-13(16-7-15-8)11(5-14-12)10-3-2-9(4-10)6-17/h5,7,9-10,14,17H,2-4,6H2,1H3/t9-,10+/m1/s1. The zero-order valence-corrected chi connectivity index (χ0v) is 9.98. The highest BCUT2D eigenvalue weighted by atomic mass is 16.3. The molecule has 2 aromatic rings. The first kappa shape index (κ1) is 10.7. The van der Waals surface area contributed by atoms with Crippen molar-refractivity contribution >= 4 is 11.0 Å². The molecular formula is C13H17N3O. The number of aliphatic hydroxyl groups is 1. The monoisotopic (exact) mass is 231 g/mol. The number of aliphatic hydroxyl groups excluding tert-OH is 1.